The molecule has 0 spiro atoms. The third kappa shape index (κ3) is 2.14. The normalized spacial score (nSPS) is 21.3. The van der Waals surface area contributed by atoms with Crippen LogP contribution in [0.1, 0.15) is 19.3 Å². The molecule has 1 aliphatic heterocycles. The van der Waals surface area contributed by atoms with Gasteiger partial charge in [0.25, 0.3) is 0 Å². The molecule has 0 unspecified atom stereocenters. The molecule has 1 saturated heterocycles. The maximum Gasteiger partial charge on any atom is 0.144 e. The molecule has 0 nitrogen and oxygen atoms in total. The zero-order chi connectivity index (χ0) is 9.15. The first kappa shape index (κ1) is 9.68. The molecule has 0 atom stereocenters. The van der Waals surface area contributed by atoms with E-state index in [0.717, 1.165) is 0 Å². The maximum absolute atomic E-state index is 4.02. The highest BCUT2D eigenvalue weighted by molar-refractivity contribution is 9.43. The van der Waals surface area contributed by atoms with E-state index in [0.29, 0.717) is 0 Å². The Morgan fingerprint density at radius 2 is 1.54 bits per heavy atom. The van der Waals surface area contributed by atoms with Gasteiger partial charge in [0.2, 0.25) is 0 Å². The lowest BCUT2D eigenvalue weighted by Gasteiger charge is -2.23. The second-order valence-electron chi connectivity index (χ2n) is 3.71. The minimum atomic E-state index is -0.903. The van der Waals surface area contributed by atoms with Crippen molar-refractivity contribution in [1.82, 2.24) is 0 Å². The third-order valence-electron chi connectivity index (χ3n) is 2.74. The van der Waals surface area contributed by atoms with Gasteiger partial charge >= 0.3 is 0 Å². The van der Waals surface area contributed by atoms with Gasteiger partial charge in [-0.15, -0.1) is 0 Å². The average Bonchev–Trinajstić information content (AvgIpc) is 2.20. The summed E-state index contributed by atoms with van der Waals surface area (Å²) in [6, 6.07) is 11.0. The fourth-order valence-electron chi connectivity index (χ4n) is 1.97. The molecule has 13 heavy (non-hydrogen) atoms. The highest BCUT2D eigenvalue weighted by Gasteiger charge is 2.38. The lowest BCUT2D eigenvalue weighted by atomic mass is 10.3. The topological polar surface area (TPSA) is 0 Å². The molecule has 1 aliphatic rings. The predicted molar refractivity (Wildman–Crippen MR) is 65.5 cm³/mol. The van der Waals surface area contributed by atoms with Crippen LogP contribution in [0.3, 0.4) is 0 Å². The Labute approximate surface area is 88.8 Å². The van der Waals surface area contributed by atoms with E-state index in [1.54, 1.807) is 5.30 Å². The first-order valence-corrected chi connectivity index (χ1v) is 9.11. The van der Waals surface area contributed by atoms with Crippen LogP contribution in [-0.4, -0.2) is 12.3 Å². The van der Waals surface area contributed by atoms with Crippen LogP contribution >= 0.6 is 21.5 Å². The molecule has 0 N–H and O–H groups in total. The van der Waals surface area contributed by atoms with Crippen LogP contribution in [0.2, 0.25) is 0 Å². The van der Waals surface area contributed by atoms with Crippen molar-refractivity contribution in [3.8, 4) is 0 Å². The summed E-state index contributed by atoms with van der Waals surface area (Å²) in [6.07, 6.45) is 7.05. The summed E-state index contributed by atoms with van der Waals surface area (Å²) in [6.45, 7) is 0. The average molecular weight is 258 g/mol. The Morgan fingerprint density at radius 1 is 0.923 bits per heavy atom. The van der Waals surface area contributed by atoms with E-state index in [4.69, 9.17) is 0 Å². The quantitative estimate of drug-likeness (QED) is 0.671. The summed E-state index contributed by atoms with van der Waals surface area (Å²) in [5.74, 6) is -0.903. The maximum atomic E-state index is 4.02. The van der Waals surface area contributed by atoms with E-state index in [-0.39, 0.29) is 0 Å². The first-order valence-electron chi connectivity index (χ1n) is 4.94. The van der Waals surface area contributed by atoms with Gasteiger partial charge in [-0.1, -0.05) is 18.2 Å². The highest BCUT2D eigenvalue weighted by Crippen LogP contribution is 2.67. The Hall–Kier alpha value is 0.130. The molecule has 0 amide bonds. The molecule has 0 radical (unpaired) electrons. The summed E-state index contributed by atoms with van der Waals surface area (Å²) in [4.78, 5) is 0. The van der Waals surface area contributed by atoms with E-state index in [1.807, 2.05) is 0 Å². The van der Waals surface area contributed by atoms with Gasteiger partial charge in [0.05, 0.1) is 12.3 Å². The Bertz CT molecular complexity index is 265. The fraction of sp³-hybridized carbons (Fsp3) is 0.455. The van der Waals surface area contributed by atoms with Gasteiger partial charge in [-0.05, 0) is 31.4 Å². The molecular weight excluding hydrogens is 243 g/mol. The van der Waals surface area contributed by atoms with Crippen LogP contribution in [0.4, 0.5) is 0 Å². The molecule has 0 aromatic heterocycles. The van der Waals surface area contributed by atoms with Gasteiger partial charge in [-0.25, -0.2) is 0 Å². The second-order valence-corrected chi connectivity index (χ2v) is 10.9. The van der Waals surface area contributed by atoms with Crippen molar-refractivity contribution in [2.45, 2.75) is 19.3 Å². The van der Waals surface area contributed by atoms with Gasteiger partial charge in [0.15, 0.2) is 0 Å². The second kappa shape index (κ2) is 4.11. The molecule has 1 fully saturated rings. The van der Waals surface area contributed by atoms with Crippen LogP contribution in [0.25, 0.3) is 0 Å². The van der Waals surface area contributed by atoms with Crippen molar-refractivity contribution in [3.63, 3.8) is 0 Å². The smallest absolute Gasteiger partial charge is 0.0620 e. The molecule has 1 heterocycles. The van der Waals surface area contributed by atoms with Crippen LogP contribution in [0.5, 0.6) is 0 Å². The largest absolute Gasteiger partial charge is 0.144 e. The Kier molecular flexibility index (Phi) is 3.06. The fourth-order valence-corrected chi connectivity index (χ4v) is 7.08. The third-order valence-corrected chi connectivity index (χ3v) is 9.37. The van der Waals surface area contributed by atoms with Crippen molar-refractivity contribution in [1.29, 1.82) is 0 Å². The van der Waals surface area contributed by atoms with Crippen LogP contribution < -0.4 is 5.30 Å². The van der Waals surface area contributed by atoms with Crippen LogP contribution in [0.15, 0.2) is 30.3 Å². The summed E-state index contributed by atoms with van der Waals surface area (Å²) in [7, 11) is 0. The summed E-state index contributed by atoms with van der Waals surface area (Å²) in [5, 5.41) is 1.56. The van der Waals surface area contributed by atoms with E-state index >= 15 is 0 Å². The van der Waals surface area contributed by atoms with Gasteiger partial charge in [0.1, 0.15) is 26.8 Å². The summed E-state index contributed by atoms with van der Waals surface area (Å²) < 4.78 is 0. The lowest BCUT2D eigenvalue weighted by Crippen LogP contribution is -2.15. The van der Waals surface area contributed by atoms with Gasteiger partial charge in [-0.2, -0.15) is 0 Å². The molecule has 0 aliphatic carbocycles. The molecule has 2 rings (SSSR count). The van der Waals surface area contributed by atoms with Crippen molar-refractivity contribution in [2.75, 3.05) is 12.3 Å². The molecule has 1 aromatic carbocycles. The lowest BCUT2D eigenvalue weighted by molar-refractivity contribution is 0.754. The number of rotatable bonds is 1. The number of hydrogen-bond acceptors (Lipinski definition) is 0. The van der Waals surface area contributed by atoms with Crippen LogP contribution in [0, 0.1) is 0 Å². The van der Waals surface area contributed by atoms with Gasteiger partial charge in [-0.3, -0.25) is 0 Å². The minimum absolute atomic E-state index is 0.903. The Morgan fingerprint density at radius 3 is 2.15 bits per heavy atom. The van der Waals surface area contributed by atoms with E-state index in [2.05, 4.69) is 45.8 Å². The SMILES string of the molecule is Br[P+]1(c2ccccc2)CCCCC1. The molecule has 0 saturated carbocycles. The number of halogens is 1. The number of hydrogen-bond donors (Lipinski definition) is 0. The summed E-state index contributed by atoms with van der Waals surface area (Å²) >= 11 is 4.02. The predicted octanol–water partition coefficient (Wildman–Crippen LogP) is 3.82. The monoisotopic (exact) mass is 257 g/mol. The van der Waals surface area contributed by atoms with Crippen molar-refractivity contribution < 1.29 is 0 Å². The zero-order valence-corrected chi connectivity index (χ0v) is 10.2. The Balaban J connectivity index is 2.23. The van der Waals surface area contributed by atoms with E-state index < -0.39 is 5.96 Å². The van der Waals surface area contributed by atoms with Gasteiger partial charge in [0, 0.05) is 0 Å². The summed E-state index contributed by atoms with van der Waals surface area (Å²) in [5.41, 5.74) is 0. The van der Waals surface area contributed by atoms with Crippen molar-refractivity contribution in [2.24, 2.45) is 0 Å². The molecular formula is C11H15BrP+. The van der Waals surface area contributed by atoms with Gasteiger partial charge < -0.3 is 0 Å². The molecule has 70 valence electrons. The standard InChI is InChI=1S/C11H15BrP/c12-13(9-5-2-6-10-13)11-7-3-1-4-8-11/h1,3-4,7-8H,2,5-6,9-10H2/q+1. The van der Waals surface area contributed by atoms with E-state index in [1.165, 1.54) is 31.6 Å². The zero-order valence-electron chi connectivity index (χ0n) is 7.75. The minimum Gasteiger partial charge on any atom is -0.0620 e. The molecule has 0 bridgehead atoms. The number of benzene rings is 1. The van der Waals surface area contributed by atoms with Crippen molar-refractivity contribution in [3.05, 3.63) is 30.3 Å². The van der Waals surface area contributed by atoms with Crippen LogP contribution in [-0.2, 0) is 0 Å². The van der Waals surface area contributed by atoms with Crippen molar-refractivity contribution >= 4 is 26.8 Å². The highest BCUT2D eigenvalue weighted by atomic mass is 79.9. The van der Waals surface area contributed by atoms with E-state index in [9.17, 15) is 0 Å². The first-order chi connectivity index (χ1) is 6.31. The molecule has 2 heteroatoms. The molecule has 1 aromatic rings.